The molecule has 0 aliphatic carbocycles. The fourth-order valence-corrected chi connectivity index (χ4v) is 5.23. The standard InChI is InChI=1S/C26H32ClN3O4/c27-20-4-6-21(7-5-20)30-12-9-19(16-30)26(32)28-22(17-29-10-1-2-11-29)25(31)18-3-8-23-24(15-18)34-14-13-33-23/h3-8,15,19,22,25,31H,1-2,9-14,16-17H2,(H,28,32)/t19-,22?,25?/m1/s1. The van der Waals surface area contributed by atoms with Gasteiger partial charge < -0.3 is 29.7 Å². The molecule has 182 valence electrons. The van der Waals surface area contributed by atoms with Gasteiger partial charge in [0.15, 0.2) is 11.5 Å². The van der Waals surface area contributed by atoms with Gasteiger partial charge in [-0.2, -0.15) is 0 Å². The zero-order valence-electron chi connectivity index (χ0n) is 19.3. The van der Waals surface area contributed by atoms with E-state index in [-0.39, 0.29) is 11.8 Å². The van der Waals surface area contributed by atoms with Crippen LogP contribution in [-0.2, 0) is 4.79 Å². The third-order valence-corrected chi connectivity index (χ3v) is 7.27. The predicted octanol–water partition coefficient (Wildman–Crippen LogP) is 3.25. The number of carbonyl (C=O) groups is 1. The second-order valence-electron chi connectivity index (χ2n) is 9.38. The first-order chi connectivity index (χ1) is 16.6. The van der Waals surface area contributed by atoms with Crippen LogP contribution in [0.3, 0.4) is 0 Å². The van der Waals surface area contributed by atoms with Crippen molar-refractivity contribution >= 4 is 23.2 Å². The summed E-state index contributed by atoms with van der Waals surface area (Å²) in [5.74, 6) is 1.21. The second kappa shape index (κ2) is 10.4. The molecule has 0 aromatic heterocycles. The SMILES string of the molecule is O=C(NC(CN1CCCC1)C(O)c1ccc2c(c1)OCCO2)[C@@H]1CCN(c2ccc(Cl)cc2)C1. The van der Waals surface area contributed by atoms with Crippen molar-refractivity contribution in [1.29, 1.82) is 0 Å². The third-order valence-electron chi connectivity index (χ3n) is 7.02. The highest BCUT2D eigenvalue weighted by atomic mass is 35.5. The summed E-state index contributed by atoms with van der Waals surface area (Å²) in [4.78, 5) is 17.8. The smallest absolute Gasteiger partial charge is 0.225 e. The molecule has 8 heteroatoms. The number of carbonyl (C=O) groups excluding carboxylic acids is 1. The van der Waals surface area contributed by atoms with Crippen molar-refractivity contribution in [2.24, 2.45) is 5.92 Å². The van der Waals surface area contributed by atoms with Crippen LogP contribution in [-0.4, -0.2) is 67.9 Å². The maximum atomic E-state index is 13.3. The van der Waals surface area contributed by atoms with Gasteiger partial charge in [-0.25, -0.2) is 0 Å². The maximum absolute atomic E-state index is 13.3. The van der Waals surface area contributed by atoms with Crippen LogP contribution in [0.5, 0.6) is 11.5 Å². The number of amides is 1. The lowest BCUT2D eigenvalue weighted by molar-refractivity contribution is -0.126. The Labute approximate surface area is 205 Å². The van der Waals surface area contributed by atoms with E-state index in [1.54, 1.807) is 0 Å². The van der Waals surface area contributed by atoms with Gasteiger partial charge in [0.25, 0.3) is 0 Å². The van der Waals surface area contributed by atoms with Crippen molar-refractivity contribution in [3.8, 4) is 11.5 Å². The molecule has 3 aliphatic heterocycles. The minimum absolute atomic E-state index is 0.00254. The number of benzene rings is 2. The van der Waals surface area contributed by atoms with Gasteiger partial charge in [-0.1, -0.05) is 17.7 Å². The molecule has 0 bridgehead atoms. The Balaban J connectivity index is 1.28. The van der Waals surface area contributed by atoms with Crippen LogP contribution in [0.2, 0.25) is 5.02 Å². The van der Waals surface area contributed by atoms with E-state index in [2.05, 4.69) is 15.1 Å². The number of nitrogens with one attached hydrogen (secondary N) is 1. The molecule has 3 atom stereocenters. The van der Waals surface area contributed by atoms with E-state index in [1.165, 1.54) is 0 Å². The molecule has 0 spiro atoms. The molecule has 0 radical (unpaired) electrons. The van der Waals surface area contributed by atoms with Crippen LogP contribution in [0, 0.1) is 5.92 Å². The van der Waals surface area contributed by atoms with Crippen LogP contribution in [0.1, 0.15) is 30.9 Å². The lowest BCUT2D eigenvalue weighted by Gasteiger charge is -2.30. The topological polar surface area (TPSA) is 74.3 Å². The fourth-order valence-electron chi connectivity index (χ4n) is 5.11. The molecule has 3 aliphatic rings. The summed E-state index contributed by atoms with van der Waals surface area (Å²) >= 11 is 6.02. The Morgan fingerprint density at radius 2 is 1.79 bits per heavy atom. The van der Waals surface area contributed by atoms with E-state index in [4.69, 9.17) is 21.1 Å². The molecule has 3 heterocycles. The number of aliphatic hydroxyl groups excluding tert-OH is 1. The fraction of sp³-hybridized carbons (Fsp3) is 0.500. The maximum Gasteiger partial charge on any atom is 0.225 e. The highest BCUT2D eigenvalue weighted by Crippen LogP contribution is 2.34. The van der Waals surface area contributed by atoms with Crippen molar-refractivity contribution in [2.75, 3.05) is 50.8 Å². The molecular weight excluding hydrogens is 454 g/mol. The van der Waals surface area contributed by atoms with Gasteiger partial charge in [-0.15, -0.1) is 0 Å². The lowest BCUT2D eigenvalue weighted by atomic mass is 9.99. The molecular formula is C26H32ClN3O4. The summed E-state index contributed by atoms with van der Waals surface area (Å²) in [6.07, 6.45) is 2.25. The van der Waals surface area contributed by atoms with Crippen LogP contribution < -0.4 is 19.7 Å². The zero-order chi connectivity index (χ0) is 23.5. The van der Waals surface area contributed by atoms with Gasteiger partial charge >= 0.3 is 0 Å². The molecule has 0 saturated carbocycles. The summed E-state index contributed by atoms with van der Waals surface area (Å²) in [6.45, 7) is 5.10. The molecule has 2 unspecified atom stereocenters. The number of hydrogen-bond donors (Lipinski definition) is 2. The minimum Gasteiger partial charge on any atom is -0.486 e. The average molecular weight is 486 g/mol. The van der Waals surface area contributed by atoms with Gasteiger partial charge in [-0.05, 0) is 74.3 Å². The van der Waals surface area contributed by atoms with Crippen molar-refractivity contribution in [2.45, 2.75) is 31.4 Å². The number of fused-ring (bicyclic) bond motifs is 1. The molecule has 2 fully saturated rings. The minimum atomic E-state index is -0.839. The number of ether oxygens (including phenoxy) is 2. The van der Waals surface area contributed by atoms with Crippen LogP contribution in [0.25, 0.3) is 0 Å². The van der Waals surface area contributed by atoms with Crippen molar-refractivity contribution in [3.63, 3.8) is 0 Å². The van der Waals surface area contributed by atoms with Crippen LogP contribution in [0.15, 0.2) is 42.5 Å². The van der Waals surface area contributed by atoms with Crippen LogP contribution >= 0.6 is 11.6 Å². The molecule has 5 rings (SSSR count). The van der Waals surface area contributed by atoms with Gasteiger partial charge in [-0.3, -0.25) is 4.79 Å². The first kappa shape index (κ1) is 23.3. The predicted molar refractivity (Wildman–Crippen MR) is 132 cm³/mol. The van der Waals surface area contributed by atoms with Crippen molar-refractivity contribution < 1.29 is 19.4 Å². The van der Waals surface area contributed by atoms with Gasteiger partial charge in [0.05, 0.1) is 12.0 Å². The number of likely N-dealkylation sites (tertiary alicyclic amines) is 1. The molecule has 7 nitrogen and oxygen atoms in total. The van der Waals surface area contributed by atoms with Crippen molar-refractivity contribution in [1.82, 2.24) is 10.2 Å². The first-order valence-electron chi connectivity index (χ1n) is 12.2. The highest BCUT2D eigenvalue weighted by Gasteiger charge is 2.33. The zero-order valence-corrected chi connectivity index (χ0v) is 20.0. The summed E-state index contributed by atoms with van der Waals surface area (Å²) < 4.78 is 11.3. The Hall–Kier alpha value is -2.48. The average Bonchev–Trinajstić information content (AvgIpc) is 3.56. The molecule has 2 aromatic carbocycles. The molecule has 2 aromatic rings. The number of nitrogens with zero attached hydrogens (tertiary/aromatic N) is 2. The van der Waals surface area contributed by atoms with Gasteiger partial charge in [0, 0.05) is 30.3 Å². The number of halogens is 1. The second-order valence-corrected chi connectivity index (χ2v) is 9.82. The summed E-state index contributed by atoms with van der Waals surface area (Å²) in [6, 6.07) is 12.9. The molecule has 1 amide bonds. The van der Waals surface area contributed by atoms with E-state index in [0.717, 1.165) is 50.1 Å². The summed E-state index contributed by atoms with van der Waals surface area (Å²) in [5, 5.41) is 15.2. The van der Waals surface area contributed by atoms with E-state index in [0.29, 0.717) is 42.8 Å². The molecule has 34 heavy (non-hydrogen) atoms. The number of hydrogen-bond acceptors (Lipinski definition) is 6. The number of anilines is 1. The molecule has 2 saturated heterocycles. The normalized spacial score (nSPS) is 21.9. The first-order valence-corrected chi connectivity index (χ1v) is 12.6. The van der Waals surface area contributed by atoms with E-state index < -0.39 is 12.1 Å². The summed E-state index contributed by atoms with van der Waals surface area (Å²) in [7, 11) is 0. The van der Waals surface area contributed by atoms with Crippen molar-refractivity contribution in [3.05, 3.63) is 53.1 Å². The Morgan fingerprint density at radius 1 is 1.06 bits per heavy atom. The van der Waals surface area contributed by atoms with Gasteiger partial charge in [0.1, 0.15) is 19.3 Å². The van der Waals surface area contributed by atoms with Gasteiger partial charge in [0.2, 0.25) is 5.91 Å². The van der Waals surface area contributed by atoms with E-state index >= 15 is 0 Å². The van der Waals surface area contributed by atoms with Crippen LogP contribution in [0.4, 0.5) is 5.69 Å². The monoisotopic (exact) mass is 485 g/mol. The lowest BCUT2D eigenvalue weighted by Crippen LogP contribution is -2.48. The largest absolute Gasteiger partial charge is 0.486 e. The Kier molecular flexibility index (Phi) is 7.13. The molecule has 2 N–H and O–H groups in total. The number of rotatable bonds is 7. The quantitative estimate of drug-likeness (QED) is 0.627. The van der Waals surface area contributed by atoms with E-state index in [1.807, 2.05) is 42.5 Å². The summed E-state index contributed by atoms with van der Waals surface area (Å²) in [5.41, 5.74) is 1.80. The Bertz CT molecular complexity index is 996. The van der Waals surface area contributed by atoms with E-state index in [9.17, 15) is 9.90 Å². The third kappa shape index (κ3) is 5.27. The highest BCUT2D eigenvalue weighted by molar-refractivity contribution is 6.30. The Morgan fingerprint density at radius 3 is 2.56 bits per heavy atom. The number of aliphatic hydroxyl groups is 1.